The topological polar surface area (TPSA) is 0 Å². The van der Waals surface area contributed by atoms with Crippen molar-refractivity contribution in [2.75, 3.05) is 0 Å². The van der Waals surface area contributed by atoms with E-state index in [-0.39, 0.29) is 47.6 Å². The van der Waals surface area contributed by atoms with Gasteiger partial charge in [-0.15, -0.1) is 0 Å². The monoisotopic (exact) mass is 567 g/mol. The molecule has 1 aliphatic rings. The van der Waals surface area contributed by atoms with E-state index >= 15 is 0 Å². The van der Waals surface area contributed by atoms with E-state index < -0.39 is 0 Å². The van der Waals surface area contributed by atoms with Crippen molar-refractivity contribution in [3.8, 4) is 0 Å². The molecule has 0 N–H and O–H groups in total. The molecule has 4 aromatic rings. The van der Waals surface area contributed by atoms with E-state index in [1.54, 1.807) is 0 Å². The molecule has 1 heteroatoms. The maximum absolute atomic E-state index is 2.31. The van der Waals surface area contributed by atoms with Crippen LogP contribution in [0, 0.1) is 56.4 Å². The molecule has 1 aliphatic carbocycles. The summed E-state index contributed by atoms with van der Waals surface area (Å²) in [5.41, 5.74) is 11.1. The van der Waals surface area contributed by atoms with Crippen LogP contribution < -0.4 is 0 Å². The van der Waals surface area contributed by atoms with E-state index in [0.29, 0.717) is 0 Å². The summed E-state index contributed by atoms with van der Waals surface area (Å²) in [6.07, 6.45) is 7.08. The van der Waals surface area contributed by atoms with Crippen molar-refractivity contribution < 1.29 is 32.7 Å². The van der Waals surface area contributed by atoms with Gasteiger partial charge in [-0.3, -0.25) is 0 Å². The van der Waals surface area contributed by atoms with Crippen LogP contribution in [-0.4, -0.2) is 0 Å². The Bertz CT molecular complexity index is 1200. The number of fused-ring (bicyclic) bond motifs is 2. The Kier molecular flexibility index (Phi) is 15.2. The number of aryl methyl sites for hydroxylation is 6. The first kappa shape index (κ1) is 35.0. The van der Waals surface area contributed by atoms with Gasteiger partial charge in [0, 0.05) is 32.7 Å². The first-order chi connectivity index (χ1) is 16.2. The zero-order valence-electron chi connectivity index (χ0n) is 24.9. The van der Waals surface area contributed by atoms with Crippen molar-refractivity contribution in [2.45, 2.75) is 68.2 Å². The van der Waals surface area contributed by atoms with E-state index in [4.69, 9.17) is 0 Å². The third-order valence-electron chi connectivity index (χ3n) is 7.14. The number of hydrogen-bond acceptors (Lipinski definition) is 0. The summed E-state index contributed by atoms with van der Waals surface area (Å²) < 4.78 is 0. The zero-order valence-corrected chi connectivity index (χ0v) is 27.8. The summed E-state index contributed by atoms with van der Waals surface area (Å²) in [5, 5.41) is 5.37. The van der Waals surface area contributed by atoms with Gasteiger partial charge < -0.3 is 14.9 Å². The standard InChI is InChI=1S/C18H18.C8H12.C8H10.2CH3.Y/c1-11-5-15-9-17-7-13(3)14(4)8-18(17)10-16(15)6-12(11)2;2*1-7-5-3-4-6-8(7)2;;;/h5-10H,1-4H3;5-6H,3-4H2,1-2H3;3-6H,1-2H3;2*1H3;/q;;;2*-1;. The van der Waals surface area contributed by atoms with Crippen molar-refractivity contribution in [1.82, 2.24) is 0 Å². The third-order valence-corrected chi connectivity index (χ3v) is 7.14. The molecule has 0 spiro atoms. The second kappa shape index (κ2) is 16.1. The van der Waals surface area contributed by atoms with Crippen LogP contribution in [0.5, 0.6) is 0 Å². The Labute approximate surface area is 253 Å². The van der Waals surface area contributed by atoms with Gasteiger partial charge in [0.25, 0.3) is 0 Å². The average molecular weight is 568 g/mol. The Morgan fingerprint density at radius 2 is 0.676 bits per heavy atom. The van der Waals surface area contributed by atoms with E-state index in [9.17, 15) is 0 Å². The number of hydrogen-bond donors (Lipinski definition) is 0. The van der Waals surface area contributed by atoms with Crippen molar-refractivity contribution in [3.63, 3.8) is 0 Å². The van der Waals surface area contributed by atoms with Crippen LogP contribution in [0.25, 0.3) is 21.5 Å². The number of benzene rings is 4. The van der Waals surface area contributed by atoms with Gasteiger partial charge in [0.15, 0.2) is 0 Å². The van der Waals surface area contributed by atoms with Crippen LogP contribution in [0.15, 0.2) is 84.0 Å². The van der Waals surface area contributed by atoms with E-state index in [0.717, 1.165) is 0 Å². The first-order valence-electron chi connectivity index (χ1n) is 12.4. The largest absolute Gasteiger partial charge is 0.358 e. The van der Waals surface area contributed by atoms with E-state index in [2.05, 4.69) is 128 Å². The van der Waals surface area contributed by atoms with Gasteiger partial charge >= 0.3 is 0 Å². The van der Waals surface area contributed by atoms with Crippen LogP contribution in [0.1, 0.15) is 60.1 Å². The maximum Gasteiger partial charge on any atom is 0 e. The minimum Gasteiger partial charge on any atom is -0.358 e. The Morgan fingerprint density at radius 3 is 0.892 bits per heavy atom. The van der Waals surface area contributed by atoms with Gasteiger partial charge in [-0.1, -0.05) is 71.8 Å². The molecule has 0 unspecified atom stereocenters. The second-order valence-electron chi connectivity index (χ2n) is 9.86. The summed E-state index contributed by atoms with van der Waals surface area (Å²) in [6.45, 7) is 17.3. The van der Waals surface area contributed by atoms with E-state index in [1.165, 1.54) is 78.9 Å². The Balaban J connectivity index is 0.000000578. The third kappa shape index (κ3) is 9.66. The van der Waals surface area contributed by atoms with Crippen LogP contribution in [0.3, 0.4) is 0 Å². The fraction of sp³-hybridized carbons (Fsp3) is 0.278. The summed E-state index contributed by atoms with van der Waals surface area (Å²) in [4.78, 5) is 0. The molecule has 0 nitrogen and oxygen atoms in total. The molecule has 0 atom stereocenters. The fourth-order valence-corrected chi connectivity index (χ4v) is 4.14. The molecule has 1 radical (unpaired) electrons. The predicted molar refractivity (Wildman–Crippen MR) is 166 cm³/mol. The molecule has 0 heterocycles. The number of rotatable bonds is 0. The molecule has 0 saturated carbocycles. The van der Waals surface area contributed by atoms with Gasteiger partial charge in [0.05, 0.1) is 0 Å². The Morgan fingerprint density at radius 1 is 0.405 bits per heavy atom. The van der Waals surface area contributed by atoms with Crippen molar-refractivity contribution >= 4 is 21.5 Å². The smallest absolute Gasteiger partial charge is 0 e. The normalized spacial score (nSPS) is 11.8. The minimum absolute atomic E-state index is 0. The van der Waals surface area contributed by atoms with Crippen LogP contribution in [0.2, 0.25) is 0 Å². The molecule has 195 valence electrons. The molecule has 0 fully saturated rings. The molecule has 4 aromatic carbocycles. The molecule has 0 amide bonds. The summed E-state index contributed by atoms with van der Waals surface area (Å²) in [7, 11) is 0. The van der Waals surface area contributed by atoms with Gasteiger partial charge in [-0.2, -0.15) is 0 Å². The van der Waals surface area contributed by atoms with Crippen LogP contribution in [-0.2, 0) is 32.7 Å². The predicted octanol–water partition coefficient (Wildman–Crippen LogP) is 11.1. The molecular weight excluding hydrogens is 521 g/mol. The van der Waals surface area contributed by atoms with Crippen molar-refractivity contribution in [3.05, 3.63) is 132 Å². The quantitative estimate of drug-likeness (QED) is 0.146. The van der Waals surface area contributed by atoms with Crippen LogP contribution in [0.4, 0.5) is 0 Å². The fourth-order valence-electron chi connectivity index (χ4n) is 4.14. The molecule has 37 heavy (non-hydrogen) atoms. The second-order valence-corrected chi connectivity index (χ2v) is 9.86. The molecule has 0 aromatic heterocycles. The molecule has 0 aliphatic heterocycles. The first-order valence-corrected chi connectivity index (χ1v) is 12.4. The number of allylic oxidation sites excluding steroid dienone is 4. The summed E-state index contributed by atoms with van der Waals surface area (Å²) >= 11 is 0. The summed E-state index contributed by atoms with van der Waals surface area (Å²) in [6, 6.07) is 22.1. The van der Waals surface area contributed by atoms with Gasteiger partial charge in [-0.05, 0) is 135 Å². The Hall–Kier alpha value is -2.02. The summed E-state index contributed by atoms with van der Waals surface area (Å²) in [5.74, 6) is 0. The molecular formula is C36H46Y-2. The van der Waals surface area contributed by atoms with Gasteiger partial charge in [0.1, 0.15) is 0 Å². The average Bonchev–Trinajstić information content (AvgIpc) is 2.80. The van der Waals surface area contributed by atoms with Gasteiger partial charge in [-0.25, -0.2) is 0 Å². The maximum atomic E-state index is 2.31. The van der Waals surface area contributed by atoms with Crippen molar-refractivity contribution in [2.24, 2.45) is 0 Å². The SMILES string of the molecule is CC1=CCCC=C1C.Cc1cc2cc3cc(C)c(C)cc3cc2cc1C.Cc1ccccc1C.[CH3-].[CH3-].[Y]. The van der Waals surface area contributed by atoms with E-state index in [1.807, 2.05) is 0 Å². The molecule has 5 rings (SSSR count). The molecule has 0 saturated heterocycles. The van der Waals surface area contributed by atoms with Crippen molar-refractivity contribution in [1.29, 1.82) is 0 Å². The zero-order chi connectivity index (χ0) is 24.8. The minimum atomic E-state index is 0. The van der Waals surface area contributed by atoms with Crippen LogP contribution >= 0.6 is 0 Å². The van der Waals surface area contributed by atoms with Gasteiger partial charge in [0.2, 0.25) is 0 Å². The molecule has 0 bridgehead atoms.